The monoisotopic (exact) mass is 381 g/mol. The molecule has 138 valence electrons. The van der Waals surface area contributed by atoms with Crippen molar-refractivity contribution in [2.24, 2.45) is 12.8 Å². The van der Waals surface area contributed by atoms with Gasteiger partial charge in [0.15, 0.2) is 0 Å². The second-order valence-corrected chi connectivity index (χ2v) is 7.46. The van der Waals surface area contributed by atoms with Gasteiger partial charge < -0.3 is 15.6 Å². The number of hydrogen-bond donors (Lipinski definition) is 2. The second kappa shape index (κ2) is 6.74. The van der Waals surface area contributed by atoms with Gasteiger partial charge in [0.2, 0.25) is 5.91 Å². The first-order chi connectivity index (χ1) is 12.9. The van der Waals surface area contributed by atoms with E-state index in [1.54, 1.807) is 6.07 Å². The first kappa shape index (κ1) is 17.6. The number of rotatable bonds is 5. The van der Waals surface area contributed by atoms with Crippen molar-refractivity contribution >= 4 is 34.3 Å². The van der Waals surface area contributed by atoms with E-state index in [2.05, 4.69) is 5.32 Å². The van der Waals surface area contributed by atoms with E-state index in [-0.39, 0.29) is 5.91 Å². The SMILES string of the molecule is Cn1c(C(=O)NCc2ccc(C(N)=O)cc2C2CC2)cc2ccc(Cl)cc21. The van der Waals surface area contributed by atoms with Gasteiger partial charge in [-0.2, -0.15) is 0 Å². The number of aryl methyl sites for hydroxylation is 1. The third-order valence-corrected chi connectivity index (χ3v) is 5.36. The molecule has 3 N–H and O–H groups in total. The molecule has 1 aromatic heterocycles. The fourth-order valence-corrected chi connectivity index (χ4v) is 3.64. The lowest BCUT2D eigenvalue weighted by Gasteiger charge is -2.12. The Morgan fingerprint density at radius 2 is 1.96 bits per heavy atom. The fourth-order valence-electron chi connectivity index (χ4n) is 3.47. The van der Waals surface area contributed by atoms with E-state index in [0.29, 0.717) is 28.7 Å². The Balaban J connectivity index is 1.56. The van der Waals surface area contributed by atoms with Crippen LogP contribution in [0.5, 0.6) is 0 Å². The number of fused-ring (bicyclic) bond motifs is 1. The van der Waals surface area contributed by atoms with Crippen molar-refractivity contribution in [3.8, 4) is 0 Å². The summed E-state index contributed by atoms with van der Waals surface area (Å²) in [7, 11) is 1.85. The van der Waals surface area contributed by atoms with E-state index in [0.717, 1.165) is 34.9 Å². The summed E-state index contributed by atoms with van der Waals surface area (Å²) in [6, 6.07) is 12.9. The predicted octanol–water partition coefficient (Wildman–Crippen LogP) is 3.74. The van der Waals surface area contributed by atoms with E-state index in [1.807, 2.05) is 48.0 Å². The number of nitrogens with one attached hydrogen (secondary N) is 1. The van der Waals surface area contributed by atoms with Gasteiger partial charge in [-0.3, -0.25) is 9.59 Å². The van der Waals surface area contributed by atoms with E-state index >= 15 is 0 Å². The van der Waals surface area contributed by atoms with Crippen LogP contribution in [0.4, 0.5) is 0 Å². The summed E-state index contributed by atoms with van der Waals surface area (Å²) in [6.45, 7) is 0.409. The van der Waals surface area contributed by atoms with Gasteiger partial charge in [0.25, 0.3) is 5.91 Å². The number of carbonyl (C=O) groups is 2. The Labute approximate surface area is 162 Å². The summed E-state index contributed by atoms with van der Waals surface area (Å²) in [5, 5.41) is 4.60. The molecule has 1 aliphatic rings. The zero-order valence-corrected chi connectivity index (χ0v) is 15.7. The van der Waals surface area contributed by atoms with Crippen LogP contribution < -0.4 is 11.1 Å². The number of aromatic nitrogens is 1. The van der Waals surface area contributed by atoms with Crippen LogP contribution >= 0.6 is 11.6 Å². The number of halogens is 1. The Kier molecular flexibility index (Phi) is 4.40. The number of hydrogen-bond acceptors (Lipinski definition) is 2. The topological polar surface area (TPSA) is 77.1 Å². The van der Waals surface area contributed by atoms with E-state index < -0.39 is 5.91 Å². The van der Waals surface area contributed by atoms with Gasteiger partial charge in [0.05, 0.1) is 0 Å². The molecule has 27 heavy (non-hydrogen) atoms. The van der Waals surface area contributed by atoms with Crippen LogP contribution in [0.15, 0.2) is 42.5 Å². The summed E-state index contributed by atoms with van der Waals surface area (Å²) >= 11 is 6.06. The Morgan fingerprint density at radius 1 is 1.19 bits per heavy atom. The molecule has 0 aliphatic heterocycles. The number of amides is 2. The van der Waals surface area contributed by atoms with Gasteiger partial charge in [-0.25, -0.2) is 0 Å². The molecule has 1 aliphatic carbocycles. The van der Waals surface area contributed by atoms with Gasteiger partial charge in [-0.15, -0.1) is 0 Å². The van der Waals surface area contributed by atoms with Crippen LogP contribution in [0.25, 0.3) is 10.9 Å². The molecule has 0 bridgehead atoms. The zero-order valence-electron chi connectivity index (χ0n) is 15.0. The number of benzene rings is 2. The van der Waals surface area contributed by atoms with Crippen molar-refractivity contribution in [2.75, 3.05) is 0 Å². The average Bonchev–Trinajstić information content (AvgIpc) is 3.44. The first-order valence-corrected chi connectivity index (χ1v) is 9.27. The number of nitrogens with zero attached hydrogens (tertiary/aromatic N) is 1. The maximum absolute atomic E-state index is 12.7. The van der Waals surface area contributed by atoms with Crippen molar-refractivity contribution in [1.29, 1.82) is 0 Å². The lowest BCUT2D eigenvalue weighted by Crippen LogP contribution is -2.25. The molecule has 6 heteroatoms. The molecule has 5 nitrogen and oxygen atoms in total. The highest BCUT2D eigenvalue weighted by atomic mass is 35.5. The quantitative estimate of drug-likeness (QED) is 0.706. The molecular formula is C21H20ClN3O2. The van der Waals surface area contributed by atoms with Crippen LogP contribution in [0.1, 0.15) is 50.7 Å². The van der Waals surface area contributed by atoms with E-state index in [1.165, 1.54) is 0 Å². The molecule has 1 saturated carbocycles. The summed E-state index contributed by atoms with van der Waals surface area (Å²) in [6.07, 6.45) is 2.21. The van der Waals surface area contributed by atoms with Gasteiger partial charge in [-0.1, -0.05) is 23.7 Å². The third-order valence-electron chi connectivity index (χ3n) is 5.13. The lowest BCUT2D eigenvalue weighted by molar-refractivity contribution is 0.0941. The molecule has 2 aromatic carbocycles. The smallest absolute Gasteiger partial charge is 0.268 e. The van der Waals surface area contributed by atoms with Crippen LogP contribution in [0, 0.1) is 0 Å². The number of primary amides is 1. The molecule has 4 rings (SSSR count). The molecule has 1 heterocycles. The molecule has 1 fully saturated rings. The highest BCUT2D eigenvalue weighted by molar-refractivity contribution is 6.31. The van der Waals surface area contributed by atoms with Crippen molar-refractivity contribution < 1.29 is 9.59 Å². The van der Waals surface area contributed by atoms with Crippen molar-refractivity contribution in [1.82, 2.24) is 9.88 Å². The average molecular weight is 382 g/mol. The largest absolute Gasteiger partial charge is 0.366 e. The maximum Gasteiger partial charge on any atom is 0.268 e. The second-order valence-electron chi connectivity index (χ2n) is 7.03. The van der Waals surface area contributed by atoms with Gasteiger partial charge in [0, 0.05) is 35.1 Å². The highest BCUT2D eigenvalue weighted by Crippen LogP contribution is 2.42. The Hall–Kier alpha value is -2.79. The molecule has 0 unspecified atom stereocenters. The standard InChI is InChI=1S/C21H20ClN3O2/c1-25-18-10-16(22)7-6-13(18)9-19(25)21(27)24-11-15-5-4-14(20(23)26)8-17(15)12-2-3-12/h4-10,12H,2-3,11H2,1H3,(H2,23,26)(H,24,27). The van der Waals surface area contributed by atoms with Crippen LogP contribution in [-0.4, -0.2) is 16.4 Å². The van der Waals surface area contributed by atoms with Crippen molar-refractivity contribution in [3.05, 3.63) is 69.9 Å². The van der Waals surface area contributed by atoms with Crippen LogP contribution in [-0.2, 0) is 13.6 Å². The van der Waals surface area contributed by atoms with E-state index in [4.69, 9.17) is 17.3 Å². The van der Waals surface area contributed by atoms with Gasteiger partial charge >= 0.3 is 0 Å². The lowest BCUT2D eigenvalue weighted by atomic mass is 9.99. The predicted molar refractivity (Wildman–Crippen MR) is 106 cm³/mol. The minimum absolute atomic E-state index is 0.148. The maximum atomic E-state index is 12.7. The molecule has 2 amide bonds. The van der Waals surface area contributed by atoms with E-state index in [9.17, 15) is 9.59 Å². The molecule has 0 atom stereocenters. The Morgan fingerprint density at radius 3 is 2.67 bits per heavy atom. The molecular weight excluding hydrogens is 362 g/mol. The first-order valence-electron chi connectivity index (χ1n) is 8.90. The zero-order chi connectivity index (χ0) is 19.1. The molecule has 0 radical (unpaired) electrons. The van der Waals surface area contributed by atoms with Crippen molar-refractivity contribution in [3.63, 3.8) is 0 Å². The third kappa shape index (κ3) is 3.43. The molecule has 0 saturated heterocycles. The van der Waals surface area contributed by atoms with Crippen LogP contribution in [0.2, 0.25) is 5.02 Å². The molecule has 3 aromatic rings. The minimum Gasteiger partial charge on any atom is -0.366 e. The van der Waals surface area contributed by atoms with Gasteiger partial charge in [-0.05, 0) is 60.2 Å². The Bertz CT molecular complexity index is 1070. The molecule has 0 spiro atoms. The summed E-state index contributed by atoms with van der Waals surface area (Å²) in [5.41, 5.74) is 9.53. The summed E-state index contributed by atoms with van der Waals surface area (Å²) in [5.74, 6) is -0.122. The van der Waals surface area contributed by atoms with Crippen molar-refractivity contribution in [2.45, 2.75) is 25.3 Å². The summed E-state index contributed by atoms with van der Waals surface area (Å²) < 4.78 is 1.84. The van der Waals surface area contributed by atoms with Crippen LogP contribution in [0.3, 0.4) is 0 Å². The minimum atomic E-state index is -0.429. The normalized spacial score (nSPS) is 13.7. The summed E-state index contributed by atoms with van der Waals surface area (Å²) in [4.78, 5) is 24.2. The van der Waals surface area contributed by atoms with Gasteiger partial charge in [0.1, 0.15) is 5.69 Å². The highest BCUT2D eigenvalue weighted by Gasteiger charge is 2.27. The number of carbonyl (C=O) groups excluding carboxylic acids is 2. The fraction of sp³-hybridized carbons (Fsp3) is 0.238. The number of nitrogens with two attached hydrogens (primary N) is 1.